The molecular formula is C10H9IN2O2. The van der Waals surface area contributed by atoms with Gasteiger partial charge in [0, 0.05) is 13.0 Å². The first-order valence-corrected chi connectivity index (χ1v) is 5.21. The van der Waals surface area contributed by atoms with Gasteiger partial charge in [0.15, 0.2) is 0 Å². The van der Waals surface area contributed by atoms with Crippen LogP contribution in [-0.2, 0) is 4.79 Å². The van der Waals surface area contributed by atoms with E-state index in [0.29, 0.717) is 17.0 Å². The van der Waals surface area contributed by atoms with E-state index in [1.54, 1.807) is 19.2 Å². The molecule has 0 radical (unpaired) electrons. The summed E-state index contributed by atoms with van der Waals surface area (Å²) in [5.74, 6) is 0.424. The minimum Gasteiger partial charge on any atom is -0.496 e. The van der Waals surface area contributed by atoms with Gasteiger partial charge in [-0.15, -0.1) is 0 Å². The van der Waals surface area contributed by atoms with Crippen molar-refractivity contribution in [1.29, 1.82) is 5.26 Å². The van der Waals surface area contributed by atoms with Crippen molar-refractivity contribution in [2.24, 2.45) is 0 Å². The van der Waals surface area contributed by atoms with Crippen LogP contribution in [0.25, 0.3) is 0 Å². The largest absolute Gasteiger partial charge is 0.496 e. The van der Waals surface area contributed by atoms with Gasteiger partial charge in [-0.1, -0.05) is 0 Å². The number of halogens is 1. The van der Waals surface area contributed by atoms with Gasteiger partial charge >= 0.3 is 0 Å². The Morgan fingerprint density at radius 2 is 2.27 bits per heavy atom. The summed E-state index contributed by atoms with van der Waals surface area (Å²) < 4.78 is 5.93. The number of anilines is 1. The molecule has 15 heavy (non-hydrogen) atoms. The smallest absolute Gasteiger partial charge is 0.221 e. The zero-order valence-corrected chi connectivity index (χ0v) is 10.5. The number of benzene rings is 1. The summed E-state index contributed by atoms with van der Waals surface area (Å²) in [5.41, 5.74) is 0.901. The van der Waals surface area contributed by atoms with E-state index in [0.717, 1.165) is 3.57 Å². The van der Waals surface area contributed by atoms with Crippen LogP contribution in [0.4, 0.5) is 5.69 Å². The van der Waals surface area contributed by atoms with E-state index in [9.17, 15) is 4.79 Å². The molecule has 0 spiro atoms. The van der Waals surface area contributed by atoms with Crippen LogP contribution >= 0.6 is 22.6 Å². The van der Waals surface area contributed by atoms with E-state index in [-0.39, 0.29) is 5.91 Å². The molecule has 78 valence electrons. The summed E-state index contributed by atoms with van der Waals surface area (Å²) in [5, 5.41) is 11.5. The quantitative estimate of drug-likeness (QED) is 0.850. The van der Waals surface area contributed by atoms with Crippen LogP contribution < -0.4 is 10.1 Å². The highest BCUT2D eigenvalue weighted by Gasteiger charge is 2.09. The van der Waals surface area contributed by atoms with Crippen LogP contribution in [0.15, 0.2) is 12.1 Å². The molecule has 1 aromatic rings. The first kappa shape index (κ1) is 11.8. The van der Waals surface area contributed by atoms with E-state index < -0.39 is 0 Å². The summed E-state index contributed by atoms with van der Waals surface area (Å²) in [6, 6.07) is 5.33. The van der Waals surface area contributed by atoms with Gasteiger partial charge in [-0.25, -0.2) is 0 Å². The second-order valence-corrected chi connectivity index (χ2v) is 3.99. The molecular weight excluding hydrogens is 307 g/mol. The zero-order chi connectivity index (χ0) is 11.4. The Morgan fingerprint density at radius 1 is 1.60 bits per heavy atom. The molecule has 1 amide bonds. The number of amides is 1. The molecule has 5 heteroatoms. The fourth-order valence-corrected chi connectivity index (χ4v) is 1.78. The van der Waals surface area contributed by atoms with Crippen LogP contribution in [0.1, 0.15) is 12.5 Å². The number of hydrogen-bond donors (Lipinski definition) is 1. The Balaban J connectivity index is 3.24. The van der Waals surface area contributed by atoms with Crippen molar-refractivity contribution in [2.45, 2.75) is 6.92 Å². The molecule has 0 saturated carbocycles. The molecule has 0 heterocycles. The molecule has 0 aliphatic rings. The van der Waals surface area contributed by atoms with Crippen molar-refractivity contribution in [1.82, 2.24) is 0 Å². The summed E-state index contributed by atoms with van der Waals surface area (Å²) in [7, 11) is 1.54. The number of hydrogen-bond acceptors (Lipinski definition) is 3. The Morgan fingerprint density at radius 3 is 2.73 bits per heavy atom. The van der Waals surface area contributed by atoms with Gasteiger partial charge in [-0.2, -0.15) is 5.26 Å². The molecule has 0 aromatic heterocycles. The number of ether oxygens (including phenoxy) is 1. The average Bonchev–Trinajstić information content (AvgIpc) is 2.19. The number of methoxy groups -OCH3 is 1. The molecule has 1 rings (SSSR count). The highest BCUT2D eigenvalue weighted by molar-refractivity contribution is 14.1. The van der Waals surface area contributed by atoms with Crippen LogP contribution in [0, 0.1) is 14.9 Å². The van der Waals surface area contributed by atoms with Crippen molar-refractivity contribution >= 4 is 34.2 Å². The summed E-state index contributed by atoms with van der Waals surface area (Å²) in [6.45, 7) is 1.39. The van der Waals surface area contributed by atoms with E-state index in [1.807, 2.05) is 6.07 Å². The molecule has 0 aliphatic carbocycles. The third kappa shape index (κ3) is 2.83. The van der Waals surface area contributed by atoms with Gasteiger partial charge in [0.1, 0.15) is 11.8 Å². The Kier molecular flexibility index (Phi) is 3.91. The summed E-state index contributed by atoms with van der Waals surface area (Å²) in [6.07, 6.45) is 0. The molecule has 0 saturated heterocycles. The van der Waals surface area contributed by atoms with Crippen molar-refractivity contribution in [3.8, 4) is 11.8 Å². The van der Waals surface area contributed by atoms with Gasteiger partial charge in [-0.05, 0) is 28.7 Å². The van der Waals surface area contributed by atoms with Crippen LogP contribution in [0.2, 0.25) is 0 Å². The maximum Gasteiger partial charge on any atom is 0.221 e. The Bertz CT molecular complexity index is 438. The lowest BCUT2D eigenvalue weighted by Crippen LogP contribution is -2.07. The fraction of sp³-hybridized carbons (Fsp3) is 0.200. The van der Waals surface area contributed by atoms with E-state index in [4.69, 9.17) is 10.00 Å². The fourth-order valence-electron chi connectivity index (χ4n) is 1.10. The highest BCUT2D eigenvalue weighted by atomic mass is 127. The second-order valence-electron chi connectivity index (χ2n) is 2.83. The van der Waals surface area contributed by atoms with Gasteiger partial charge in [0.25, 0.3) is 0 Å². The van der Waals surface area contributed by atoms with E-state index >= 15 is 0 Å². The molecule has 0 unspecified atom stereocenters. The standard InChI is InChI=1S/C10H9IN2O2/c1-6(14)13-9-4-10(15-2)8(11)3-7(9)5-12/h3-4H,1-2H3,(H,13,14). The number of nitriles is 1. The highest BCUT2D eigenvalue weighted by Crippen LogP contribution is 2.28. The normalized spacial score (nSPS) is 9.20. The van der Waals surface area contributed by atoms with Crippen LogP contribution in [0.5, 0.6) is 5.75 Å². The third-order valence-electron chi connectivity index (χ3n) is 1.72. The number of carbonyl (C=O) groups is 1. The molecule has 0 atom stereocenters. The van der Waals surface area contributed by atoms with E-state index in [2.05, 4.69) is 27.9 Å². The Labute approximate surface area is 101 Å². The zero-order valence-electron chi connectivity index (χ0n) is 8.30. The molecule has 4 nitrogen and oxygen atoms in total. The summed E-state index contributed by atoms with van der Waals surface area (Å²) >= 11 is 2.07. The van der Waals surface area contributed by atoms with Crippen molar-refractivity contribution < 1.29 is 9.53 Å². The van der Waals surface area contributed by atoms with Crippen molar-refractivity contribution in [3.05, 3.63) is 21.3 Å². The lowest BCUT2D eigenvalue weighted by molar-refractivity contribution is -0.114. The first-order chi connectivity index (χ1) is 7.08. The van der Waals surface area contributed by atoms with Crippen LogP contribution in [-0.4, -0.2) is 13.0 Å². The van der Waals surface area contributed by atoms with Crippen LogP contribution in [0.3, 0.4) is 0 Å². The van der Waals surface area contributed by atoms with Gasteiger partial charge < -0.3 is 10.1 Å². The number of nitrogens with zero attached hydrogens (tertiary/aromatic N) is 1. The minimum absolute atomic E-state index is 0.213. The molecule has 0 bridgehead atoms. The van der Waals surface area contributed by atoms with Gasteiger partial charge in [0.05, 0.1) is 21.9 Å². The first-order valence-electron chi connectivity index (χ1n) is 4.13. The number of nitrogens with one attached hydrogen (secondary N) is 1. The monoisotopic (exact) mass is 316 g/mol. The molecule has 1 N–H and O–H groups in total. The lowest BCUT2D eigenvalue weighted by Gasteiger charge is -2.09. The average molecular weight is 316 g/mol. The van der Waals surface area contributed by atoms with Crippen molar-refractivity contribution in [3.63, 3.8) is 0 Å². The SMILES string of the molecule is COc1cc(NC(C)=O)c(C#N)cc1I. The predicted molar refractivity (Wildman–Crippen MR) is 64.7 cm³/mol. The maximum absolute atomic E-state index is 10.9. The topological polar surface area (TPSA) is 62.1 Å². The second kappa shape index (κ2) is 4.98. The minimum atomic E-state index is -0.213. The van der Waals surface area contributed by atoms with E-state index in [1.165, 1.54) is 6.92 Å². The van der Waals surface area contributed by atoms with Gasteiger partial charge in [-0.3, -0.25) is 4.79 Å². The molecule has 1 aromatic carbocycles. The van der Waals surface area contributed by atoms with Crippen molar-refractivity contribution in [2.75, 3.05) is 12.4 Å². The summed E-state index contributed by atoms with van der Waals surface area (Å²) in [4.78, 5) is 10.9. The lowest BCUT2D eigenvalue weighted by atomic mass is 10.2. The maximum atomic E-state index is 10.9. The number of carbonyl (C=O) groups excluding carboxylic acids is 1. The van der Waals surface area contributed by atoms with Gasteiger partial charge in [0.2, 0.25) is 5.91 Å². The Hall–Kier alpha value is -1.29. The number of rotatable bonds is 2. The predicted octanol–water partition coefficient (Wildman–Crippen LogP) is 2.13. The molecule has 0 fully saturated rings. The molecule has 0 aliphatic heterocycles. The third-order valence-corrected chi connectivity index (χ3v) is 2.57.